The first-order valence-corrected chi connectivity index (χ1v) is 10.8. The predicted octanol–water partition coefficient (Wildman–Crippen LogP) is 2.35. The Morgan fingerprint density at radius 3 is 2.54 bits per heavy atom. The summed E-state index contributed by atoms with van der Waals surface area (Å²) in [5.41, 5.74) is 0. The second-order valence-electron chi connectivity index (χ2n) is 6.22. The topological polar surface area (TPSA) is 102 Å². The van der Waals surface area contributed by atoms with Crippen LogP contribution in [0.5, 0.6) is 5.75 Å². The van der Waals surface area contributed by atoms with Crippen LogP contribution >= 0.6 is 15.9 Å². The van der Waals surface area contributed by atoms with Crippen molar-refractivity contribution in [2.75, 3.05) is 6.61 Å². The van der Waals surface area contributed by atoms with E-state index in [-0.39, 0.29) is 29.1 Å². The van der Waals surface area contributed by atoms with Crippen molar-refractivity contribution >= 4 is 37.8 Å². The van der Waals surface area contributed by atoms with Gasteiger partial charge in [0, 0.05) is 11.4 Å². The van der Waals surface area contributed by atoms with Crippen molar-refractivity contribution < 1.29 is 22.7 Å². The van der Waals surface area contributed by atoms with Gasteiger partial charge in [-0.25, -0.2) is 13.1 Å². The Balaban J connectivity index is 2.27. The summed E-state index contributed by atoms with van der Waals surface area (Å²) in [6.07, 6.45) is 3.47. The molecule has 7 nitrogen and oxygen atoms in total. The minimum Gasteiger partial charge on any atom is -0.492 e. The Kier molecular flexibility index (Phi) is 7.05. The minimum atomic E-state index is -4.15. The number of ether oxygens (including phenoxy) is 1. The lowest BCUT2D eigenvalue weighted by Crippen LogP contribution is -2.51. The summed E-state index contributed by atoms with van der Waals surface area (Å²) in [6.45, 7) is 3.34. The maximum atomic E-state index is 12.8. The van der Waals surface area contributed by atoms with Crippen LogP contribution in [0.25, 0.3) is 0 Å². The fraction of sp³-hybridized carbons (Fsp3) is 0.529. The number of sulfonamides is 1. The molecule has 9 heteroatoms. The van der Waals surface area contributed by atoms with E-state index in [9.17, 15) is 18.0 Å². The van der Waals surface area contributed by atoms with Gasteiger partial charge in [-0.15, -0.1) is 0 Å². The van der Waals surface area contributed by atoms with Crippen LogP contribution in [0.3, 0.4) is 0 Å². The highest BCUT2D eigenvalue weighted by atomic mass is 79.9. The molecule has 1 unspecified atom stereocenters. The van der Waals surface area contributed by atoms with Crippen LogP contribution in [0.2, 0.25) is 0 Å². The number of carbonyl (C=O) groups excluding carboxylic acids is 2. The molecule has 0 bridgehead atoms. The van der Waals surface area contributed by atoms with Crippen molar-refractivity contribution in [1.29, 1.82) is 0 Å². The first kappa shape index (κ1) is 20.7. The first-order valence-electron chi connectivity index (χ1n) is 8.50. The summed E-state index contributed by atoms with van der Waals surface area (Å²) in [4.78, 5) is 24.0. The molecule has 1 aliphatic rings. The Hall–Kier alpha value is -1.61. The SMILES string of the molecule is CCOc1ccc(Br)cc1S(=O)(=O)NC(=O)C(NC(C)=O)C1CCCC1. The number of rotatable bonds is 7. The quantitative estimate of drug-likeness (QED) is 0.668. The molecule has 1 saturated carbocycles. The monoisotopic (exact) mass is 446 g/mol. The summed E-state index contributed by atoms with van der Waals surface area (Å²) in [5, 5.41) is 2.59. The number of nitrogens with one attached hydrogen (secondary N) is 2. The van der Waals surface area contributed by atoms with Crippen molar-refractivity contribution in [3.63, 3.8) is 0 Å². The second kappa shape index (κ2) is 8.85. The molecule has 0 aromatic heterocycles. The maximum Gasteiger partial charge on any atom is 0.267 e. The molecule has 0 aliphatic heterocycles. The largest absolute Gasteiger partial charge is 0.492 e. The average molecular weight is 447 g/mol. The lowest BCUT2D eigenvalue weighted by molar-refractivity contribution is -0.128. The summed E-state index contributed by atoms with van der Waals surface area (Å²) in [7, 11) is -4.15. The molecule has 1 aromatic carbocycles. The lowest BCUT2D eigenvalue weighted by Gasteiger charge is -2.23. The van der Waals surface area contributed by atoms with Crippen molar-refractivity contribution in [2.45, 2.75) is 50.5 Å². The smallest absolute Gasteiger partial charge is 0.267 e. The third-order valence-electron chi connectivity index (χ3n) is 4.24. The zero-order chi connectivity index (χ0) is 19.3. The first-order chi connectivity index (χ1) is 12.2. The van der Waals surface area contributed by atoms with Gasteiger partial charge < -0.3 is 10.1 Å². The summed E-state index contributed by atoms with van der Waals surface area (Å²) in [5.74, 6) is -1.00. The maximum absolute atomic E-state index is 12.8. The number of carbonyl (C=O) groups is 2. The fourth-order valence-electron chi connectivity index (χ4n) is 3.12. The van der Waals surface area contributed by atoms with Crippen LogP contribution in [-0.4, -0.2) is 32.9 Å². The zero-order valence-corrected chi connectivity index (χ0v) is 17.2. The molecule has 2 rings (SSSR count). The van der Waals surface area contributed by atoms with Gasteiger partial charge in [-0.05, 0) is 43.9 Å². The number of hydrogen-bond acceptors (Lipinski definition) is 5. The highest BCUT2D eigenvalue weighted by Gasteiger charge is 2.34. The zero-order valence-electron chi connectivity index (χ0n) is 14.7. The highest BCUT2D eigenvalue weighted by molar-refractivity contribution is 9.10. The van der Waals surface area contributed by atoms with Gasteiger partial charge in [0.25, 0.3) is 15.9 Å². The van der Waals surface area contributed by atoms with Crippen LogP contribution in [0.4, 0.5) is 0 Å². The van der Waals surface area contributed by atoms with Crippen LogP contribution in [-0.2, 0) is 19.6 Å². The number of halogens is 1. The molecule has 144 valence electrons. The van der Waals surface area contributed by atoms with E-state index in [0.29, 0.717) is 4.47 Å². The van der Waals surface area contributed by atoms with Gasteiger partial charge in [-0.1, -0.05) is 28.8 Å². The molecule has 0 spiro atoms. The van der Waals surface area contributed by atoms with Crippen molar-refractivity contribution in [3.05, 3.63) is 22.7 Å². The Labute approximate surface area is 162 Å². The second-order valence-corrected chi connectivity index (χ2v) is 8.78. The van der Waals surface area contributed by atoms with Crippen molar-refractivity contribution in [2.24, 2.45) is 5.92 Å². The van der Waals surface area contributed by atoms with Gasteiger partial charge in [0.2, 0.25) is 5.91 Å². The van der Waals surface area contributed by atoms with Crippen molar-refractivity contribution in [1.82, 2.24) is 10.0 Å². The van der Waals surface area contributed by atoms with Gasteiger partial charge >= 0.3 is 0 Å². The van der Waals surface area contributed by atoms with E-state index in [2.05, 4.69) is 26.0 Å². The molecule has 0 radical (unpaired) electrons. The predicted molar refractivity (Wildman–Crippen MR) is 100 cm³/mol. The third-order valence-corrected chi connectivity index (χ3v) is 6.10. The van der Waals surface area contributed by atoms with Crippen LogP contribution in [0, 0.1) is 5.92 Å². The number of hydrogen-bond donors (Lipinski definition) is 2. The normalized spacial score (nSPS) is 16.1. The van der Waals surface area contributed by atoms with E-state index in [4.69, 9.17) is 4.74 Å². The molecule has 1 atom stereocenters. The van der Waals surface area contributed by atoms with Crippen LogP contribution < -0.4 is 14.8 Å². The van der Waals surface area contributed by atoms with Gasteiger partial charge in [0.15, 0.2) is 0 Å². The fourth-order valence-corrected chi connectivity index (χ4v) is 4.81. The standard InChI is InChI=1S/C17H23BrN2O5S/c1-3-25-14-9-8-13(18)10-15(14)26(23,24)20-17(22)16(19-11(2)21)12-6-4-5-7-12/h8-10,12,16H,3-7H2,1-2H3,(H,19,21)(H,20,22). The van der Waals surface area contributed by atoms with E-state index < -0.39 is 22.0 Å². The van der Waals surface area contributed by atoms with Gasteiger partial charge in [-0.2, -0.15) is 0 Å². The Morgan fingerprint density at radius 2 is 1.96 bits per heavy atom. The molecular weight excluding hydrogens is 424 g/mol. The van der Waals surface area contributed by atoms with E-state index in [1.807, 2.05) is 0 Å². The van der Waals surface area contributed by atoms with Crippen molar-refractivity contribution in [3.8, 4) is 5.75 Å². The molecule has 1 aliphatic carbocycles. The van der Waals surface area contributed by atoms with Crippen LogP contribution in [0.1, 0.15) is 39.5 Å². The number of amides is 2. The summed E-state index contributed by atoms with van der Waals surface area (Å²) in [6, 6.07) is 3.69. The lowest BCUT2D eigenvalue weighted by atomic mass is 9.97. The molecular formula is C17H23BrN2O5S. The van der Waals surface area contributed by atoms with Crippen LogP contribution in [0.15, 0.2) is 27.6 Å². The molecule has 2 N–H and O–H groups in total. The van der Waals surface area contributed by atoms with E-state index in [1.54, 1.807) is 13.0 Å². The van der Waals surface area contributed by atoms with E-state index >= 15 is 0 Å². The Bertz CT molecular complexity index is 775. The average Bonchev–Trinajstić information content (AvgIpc) is 3.08. The molecule has 0 heterocycles. The molecule has 1 aromatic rings. The van der Waals surface area contributed by atoms with Gasteiger partial charge in [-0.3, -0.25) is 9.59 Å². The van der Waals surface area contributed by atoms with Gasteiger partial charge in [0.05, 0.1) is 6.61 Å². The molecule has 2 amide bonds. The number of benzene rings is 1. The molecule has 1 fully saturated rings. The highest BCUT2D eigenvalue weighted by Crippen LogP contribution is 2.30. The van der Waals surface area contributed by atoms with Gasteiger partial charge in [0.1, 0.15) is 16.7 Å². The van der Waals surface area contributed by atoms with E-state index in [0.717, 1.165) is 25.7 Å². The van der Waals surface area contributed by atoms with E-state index in [1.165, 1.54) is 19.1 Å². The Morgan fingerprint density at radius 1 is 1.31 bits per heavy atom. The molecule has 26 heavy (non-hydrogen) atoms. The summed E-state index contributed by atoms with van der Waals surface area (Å²) >= 11 is 3.23. The molecule has 0 saturated heterocycles. The minimum absolute atomic E-state index is 0.0667. The third kappa shape index (κ3) is 5.20. The summed E-state index contributed by atoms with van der Waals surface area (Å²) < 4.78 is 33.5.